The lowest BCUT2D eigenvalue weighted by Crippen LogP contribution is -2.27. The highest BCUT2D eigenvalue weighted by Gasteiger charge is 2.29. The molecule has 0 aromatic carbocycles. The van der Waals surface area contributed by atoms with E-state index in [1.54, 1.807) is 7.11 Å². The van der Waals surface area contributed by atoms with Gasteiger partial charge in [-0.2, -0.15) is 0 Å². The van der Waals surface area contributed by atoms with E-state index >= 15 is 0 Å². The highest BCUT2D eigenvalue weighted by molar-refractivity contribution is 5.05. The second-order valence-corrected chi connectivity index (χ2v) is 4.33. The number of allylic oxidation sites excluding steroid dienone is 2. The average molecular weight is 197 g/mol. The summed E-state index contributed by atoms with van der Waals surface area (Å²) in [5, 5.41) is 0. The molecule has 1 aliphatic rings. The molecule has 2 unspecified atom stereocenters. The van der Waals surface area contributed by atoms with Crippen LogP contribution in [0.5, 0.6) is 0 Å². The van der Waals surface area contributed by atoms with Gasteiger partial charge in [0.05, 0.1) is 12.9 Å². The van der Waals surface area contributed by atoms with Crippen LogP contribution >= 0.6 is 0 Å². The fourth-order valence-corrected chi connectivity index (χ4v) is 2.67. The van der Waals surface area contributed by atoms with Crippen molar-refractivity contribution in [2.45, 2.75) is 33.1 Å². The first-order valence-corrected chi connectivity index (χ1v) is 5.67. The van der Waals surface area contributed by atoms with E-state index < -0.39 is 0 Å². The summed E-state index contributed by atoms with van der Waals surface area (Å²) in [5.74, 6) is 3.30. The molecule has 2 N–H and O–H groups in total. The summed E-state index contributed by atoms with van der Waals surface area (Å²) in [6.45, 7) is 5.38. The first-order valence-electron chi connectivity index (χ1n) is 5.67. The van der Waals surface area contributed by atoms with Crippen molar-refractivity contribution in [3.63, 3.8) is 0 Å². The quantitative estimate of drug-likeness (QED) is 0.751. The van der Waals surface area contributed by atoms with Crippen molar-refractivity contribution in [2.24, 2.45) is 23.5 Å². The molecule has 0 fully saturated rings. The van der Waals surface area contributed by atoms with Crippen molar-refractivity contribution in [3.05, 3.63) is 11.8 Å². The van der Waals surface area contributed by atoms with E-state index in [2.05, 4.69) is 19.9 Å². The molecular formula is C12H23NO. The number of nitrogens with two attached hydrogens (primary N) is 1. The second kappa shape index (κ2) is 5.40. The lowest BCUT2D eigenvalue weighted by Gasteiger charge is -2.34. The molecule has 2 nitrogen and oxygen atoms in total. The Balaban J connectivity index is 2.73. The van der Waals surface area contributed by atoms with Crippen LogP contribution in [0, 0.1) is 17.8 Å². The summed E-state index contributed by atoms with van der Waals surface area (Å²) in [6.07, 6.45) is 5.73. The number of methoxy groups -OCH3 is 1. The van der Waals surface area contributed by atoms with E-state index in [9.17, 15) is 0 Å². The maximum Gasteiger partial charge on any atom is 0.0921 e. The predicted octanol–water partition coefficient (Wildman–Crippen LogP) is 2.55. The van der Waals surface area contributed by atoms with Crippen molar-refractivity contribution in [1.82, 2.24) is 0 Å². The molecule has 14 heavy (non-hydrogen) atoms. The van der Waals surface area contributed by atoms with Crippen LogP contribution in [-0.2, 0) is 4.74 Å². The number of ether oxygens (including phenoxy) is 1. The molecule has 3 atom stereocenters. The zero-order valence-corrected chi connectivity index (χ0v) is 9.62. The molecule has 0 aromatic heterocycles. The highest BCUT2D eigenvalue weighted by Crippen LogP contribution is 2.37. The summed E-state index contributed by atoms with van der Waals surface area (Å²) < 4.78 is 5.35. The molecule has 1 rings (SSSR count). The van der Waals surface area contributed by atoms with Crippen molar-refractivity contribution >= 4 is 0 Å². The van der Waals surface area contributed by atoms with E-state index in [0.29, 0.717) is 5.92 Å². The summed E-state index contributed by atoms with van der Waals surface area (Å²) in [6, 6.07) is 0. The Morgan fingerprint density at radius 2 is 2.29 bits per heavy atom. The van der Waals surface area contributed by atoms with E-state index in [-0.39, 0.29) is 0 Å². The van der Waals surface area contributed by atoms with E-state index in [1.165, 1.54) is 6.42 Å². The van der Waals surface area contributed by atoms with Crippen molar-refractivity contribution < 1.29 is 4.74 Å². The van der Waals surface area contributed by atoms with Gasteiger partial charge in [0.2, 0.25) is 0 Å². The van der Waals surface area contributed by atoms with Crippen LogP contribution in [0.4, 0.5) is 0 Å². The molecule has 0 radical (unpaired) electrons. The van der Waals surface area contributed by atoms with Gasteiger partial charge in [0, 0.05) is 6.42 Å². The predicted molar refractivity (Wildman–Crippen MR) is 59.8 cm³/mol. The van der Waals surface area contributed by atoms with E-state index in [0.717, 1.165) is 37.0 Å². The Kier molecular flexibility index (Phi) is 4.46. The van der Waals surface area contributed by atoms with Gasteiger partial charge >= 0.3 is 0 Å². The van der Waals surface area contributed by atoms with Crippen LogP contribution in [0.15, 0.2) is 11.8 Å². The normalized spacial score (nSPS) is 32.6. The van der Waals surface area contributed by atoms with Gasteiger partial charge in [0.1, 0.15) is 0 Å². The summed E-state index contributed by atoms with van der Waals surface area (Å²) in [4.78, 5) is 0. The maximum atomic E-state index is 5.64. The Labute approximate surface area is 87.5 Å². The first-order chi connectivity index (χ1) is 6.72. The SMILES string of the molecule is CCC1C(CCN)C=C(OC)C[C@H]1C. The minimum atomic E-state index is 0.628. The smallest absolute Gasteiger partial charge is 0.0921 e. The van der Waals surface area contributed by atoms with Crippen LogP contribution in [-0.4, -0.2) is 13.7 Å². The molecule has 0 bridgehead atoms. The topological polar surface area (TPSA) is 35.2 Å². The van der Waals surface area contributed by atoms with Gasteiger partial charge in [-0.05, 0) is 36.8 Å². The number of hydrogen-bond donors (Lipinski definition) is 1. The standard InChI is InChI=1S/C12H23NO/c1-4-12-9(2)7-11(14-3)8-10(12)5-6-13/h8-10,12H,4-7,13H2,1-3H3/t9-,10?,12?/m1/s1. The first kappa shape index (κ1) is 11.6. The van der Waals surface area contributed by atoms with Crippen LogP contribution in [0.2, 0.25) is 0 Å². The lowest BCUT2D eigenvalue weighted by atomic mass is 9.73. The highest BCUT2D eigenvalue weighted by atomic mass is 16.5. The molecule has 1 aliphatic carbocycles. The third-order valence-corrected chi connectivity index (χ3v) is 3.44. The fourth-order valence-electron chi connectivity index (χ4n) is 2.67. The monoisotopic (exact) mass is 197 g/mol. The van der Waals surface area contributed by atoms with Gasteiger partial charge in [0.25, 0.3) is 0 Å². The van der Waals surface area contributed by atoms with E-state index in [4.69, 9.17) is 10.5 Å². The number of hydrogen-bond acceptors (Lipinski definition) is 2. The molecule has 82 valence electrons. The van der Waals surface area contributed by atoms with Gasteiger partial charge in [-0.25, -0.2) is 0 Å². The minimum absolute atomic E-state index is 0.628. The van der Waals surface area contributed by atoms with Gasteiger partial charge in [0.15, 0.2) is 0 Å². The largest absolute Gasteiger partial charge is 0.501 e. The summed E-state index contributed by atoms with van der Waals surface area (Å²) in [5.41, 5.74) is 5.64. The Morgan fingerprint density at radius 3 is 2.79 bits per heavy atom. The van der Waals surface area contributed by atoms with Crippen LogP contribution < -0.4 is 5.73 Å². The van der Waals surface area contributed by atoms with E-state index in [1.807, 2.05) is 0 Å². The second-order valence-electron chi connectivity index (χ2n) is 4.33. The Bertz CT molecular complexity index is 200. The van der Waals surface area contributed by atoms with Crippen molar-refractivity contribution in [1.29, 1.82) is 0 Å². The fraction of sp³-hybridized carbons (Fsp3) is 0.833. The maximum absolute atomic E-state index is 5.64. The molecule has 2 heteroatoms. The third-order valence-electron chi connectivity index (χ3n) is 3.44. The van der Waals surface area contributed by atoms with Gasteiger partial charge in [-0.3, -0.25) is 0 Å². The molecule has 0 aliphatic heterocycles. The minimum Gasteiger partial charge on any atom is -0.501 e. The summed E-state index contributed by atoms with van der Waals surface area (Å²) >= 11 is 0. The van der Waals surface area contributed by atoms with Gasteiger partial charge < -0.3 is 10.5 Å². The molecule has 0 saturated heterocycles. The molecule has 0 heterocycles. The average Bonchev–Trinajstić information content (AvgIpc) is 2.18. The van der Waals surface area contributed by atoms with Gasteiger partial charge in [-0.15, -0.1) is 0 Å². The molecule has 0 saturated carbocycles. The van der Waals surface area contributed by atoms with Crippen molar-refractivity contribution in [2.75, 3.05) is 13.7 Å². The molecule has 0 amide bonds. The van der Waals surface area contributed by atoms with Crippen molar-refractivity contribution in [3.8, 4) is 0 Å². The van der Waals surface area contributed by atoms with Crippen LogP contribution in [0.1, 0.15) is 33.1 Å². The number of rotatable bonds is 4. The zero-order chi connectivity index (χ0) is 10.6. The lowest BCUT2D eigenvalue weighted by molar-refractivity contribution is 0.177. The van der Waals surface area contributed by atoms with Crippen LogP contribution in [0.3, 0.4) is 0 Å². The third kappa shape index (κ3) is 2.50. The Morgan fingerprint density at radius 1 is 1.57 bits per heavy atom. The van der Waals surface area contributed by atoms with Gasteiger partial charge in [-0.1, -0.05) is 20.3 Å². The molecular weight excluding hydrogens is 174 g/mol. The zero-order valence-electron chi connectivity index (χ0n) is 9.62. The molecule has 0 spiro atoms. The van der Waals surface area contributed by atoms with Crippen LogP contribution in [0.25, 0.3) is 0 Å². The molecule has 0 aromatic rings. The summed E-state index contributed by atoms with van der Waals surface area (Å²) in [7, 11) is 1.77. The Hall–Kier alpha value is -0.500.